The van der Waals surface area contributed by atoms with Crippen molar-refractivity contribution in [2.24, 2.45) is 0 Å². The van der Waals surface area contributed by atoms with E-state index in [0.29, 0.717) is 0 Å². The van der Waals surface area contributed by atoms with Crippen LogP contribution in [0.4, 0.5) is 0 Å². The molecule has 6 aromatic rings. The Morgan fingerprint density at radius 3 is 1.13 bits per heavy atom. The van der Waals surface area contributed by atoms with E-state index in [1.165, 1.54) is 43.4 Å². The maximum absolute atomic E-state index is 3.65. The highest BCUT2D eigenvalue weighted by Crippen LogP contribution is 2.39. The van der Waals surface area contributed by atoms with Crippen LogP contribution in [0.5, 0.6) is 0 Å². The molecule has 0 saturated heterocycles. The summed E-state index contributed by atoms with van der Waals surface area (Å²) in [5.74, 6) is 0. The van der Waals surface area contributed by atoms with E-state index >= 15 is 0 Å². The summed E-state index contributed by atoms with van der Waals surface area (Å²) in [6, 6.07) is 38.2. The Kier molecular flexibility index (Phi) is 5.28. The number of benzene rings is 6. The Morgan fingerprint density at radius 1 is 0.367 bits per heavy atom. The van der Waals surface area contributed by atoms with E-state index < -0.39 is 0 Å². The molecule has 30 heavy (non-hydrogen) atoms. The molecule has 0 fully saturated rings. The van der Waals surface area contributed by atoms with Crippen LogP contribution in [0.15, 0.2) is 118 Å². The van der Waals surface area contributed by atoms with Crippen molar-refractivity contribution in [1.82, 2.24) is 0 Å². The Bertz CT molecular complexity index is 1320. The molecular weight excluding hydrogens is 496 g/mol. The summed E-state index contributed by atoms with van der Waals surface area (Å²) in [4.78, 5) is 0. The molecule has 6 rings (SSSR count). The van der Waals surface area contributed by atoms with Gasteiger partial charge in [-0.1, -0.05) is 129 Å². The monoisotopic (exact) mass is 512 g/mol. The summed E-state index contributed by atoms with van der Waals surface area (Å²) >= 11 is 7.30. The predicted octanol–water partition coefficient (Wildman–Crippen LogP) is 9.46. The molecule has 0 amide bonds. The molecular formula is C28H18Br2. The van der Waals surface area contributed by atoms with Gasteiger partial charge in [0.05, 0.1) is 0 Å². The average Bonchev–Trinajstić information content (AvgIpc) is 2.81. The van der Waals surface area contributed by atoms with Crippen LogP contribution in [0, 0.1) is 0 Å². The minimum Gasteiger partial charge on any atom is -0.0622 e. The minimum absolute atomic E-state index is 1.16. The summed E-state index contributed by atoms with van der Waals surface area (Å²) in [6.45, 7) is 0. The van der Waals surface area contributed by atoms with Crippen LogP contribution in [0.1, 0.15) is 0 Å². The van der Waals surface area contributed by atoms with Gasteiger partial charge in [0.15, 0.2) is 0 Å². The van der Waals surface area contributed by atoms with E-state index in [1.54, 1.807) is 0 Å². The first kappa shape index (κ1) is 19.3. The van der Waals surface area contributed by atoms with Crippen LogP contribution in [-0.4, -0.2) is 0 Å². The zero-order valence-corrected chi connectivity index (χ0v) is 19.3. The van der Waals surface area contributed by atoms with Crippen LogP contribution in [0.3, 0.4) is 0 Å². The van der Waals surface area contributed by atoms with Crippen LogP contribution >= 0.6 is 31.9 Å². The van der Waals surface area contributed by atoms with Gasteiger partial charge in [-0.05, 0) is 55.6 Å². The molecule has 0 aliphatic heterocycles. The van der Waals surface area contributed by atoms with Gasteiger partial charge < -0.3 is 0 Å². The van der Waals surface area contributed by atoms with Gasteiger partial charge >= 0.3 is 0 Å². The van der Waals surface area contributed by atoms with E-state index in [4.69, 9.17) is 0 Å². The van der Waals surface area contributed by atoms with Gasteiger partial charge in [-0.15, -0.1) is 0 Å². The summed E-state index contributed by atoms with van der Waals surface area (Å²) in [5, 5.41) is 7.85. The van der Waals surface area contributed by atoms with Crippen molar-refractivity contribution in [2.45, 2.75) is 0 Å². The largest absolute Gasteiger partial charge is 0.0622 e. The lowest BCUT2D eigenvalue weighted by atomic mass is 9.94. The molecule has 0 atom stereocenters. The quantitative estimate of drug-likeness (QED) is 0.192. The highest BCUT2D eigenvalue weighted by atomic mass is 79.9. The maximum Gasteiger partial charge on any atom is 0.0254 e. The second-order valence-corrected chi connectivity index (χ2v) is 8.96. The molecule has 0 aliphatic carbocycles. The predicted molar refractivity (Wildman–Crippen MR) is 137 cm³/mol. The lowest BCUT2D eigenvalue weighted by Crippen LogP contribution is -1.85. The standard InChI is InChI=1S/C16H8Br2.C12H10/c17-13-8-4-10-2-6-12-14(18)7-3-9-1-5-11(13)16(10)15(9)12;1-3-7-11(8-4-1)12-9-5-2-6-10-12/h1-8H;1-10H. The molecule has 0 saturated carbocycles. The highest BCUT2D eigenvalue weighted by molar-refractivity contribution is 9.11. The maximum atomic E-state index is 3.65. The highest BCUT2D eigenvalue weighted by Gasteiger charge is 2.11. The van der Waals surface area contributed by atoms with Crippen molar-refractivity contribution in [1.29, 1.82) is 0 Å². The summed E-state index contributed by atoms with van der Waals surface area (Å²) in [7, 11) is 0. The molecule has 2 heteroatoms. The molecule has 6 aromatic carbocycles. The van der Waals surface area contributed by atoms with Crippen molar-refractivity contribution in [3.05, 3.63) is 118 Å². The fourth-order valence-electron chi connectivity index (χ4n) is 3.99. The van der Waals surface area contributed by atoms with E-state index in [9.17, 15) is 0 Å². The Balaban J connectivity index is 0.000000140. The van der Waals surface area contributed by atoms with Gasteiger partial charge in [-0.25, -0.2) is 0 Å². The lowest BCUT2D eigenvalue weighted by molar-refractivity contribution is 1.62. The number of hydrogen-bond donors (Lipinski definition) is 0. The van der Waals surface area contributed by atoms with Crippen molar-refractivity contribution >= 4 is 64.2 Å². The molecule has 0 N–H and O–H groups in total. The smallest absolute Gasteiger partial charge is 0.0254 e. The summed E-state index contributed by atoms with van der Waals surface area (Å²) in [6.07, 6.45) is 0. The third kappa shape index (κ3) is 3.51. The first-order chi connectivity index (χ1) is 14.7. The zero-order chi connectivity index (χ0) is 20.5. The molecule has 0 bridgehead atoms. The summed E-state index contributed by atoms with van der Waals surface area (Å²) in [5.41, 5.74) is 2.55. The molecule has 144 valence electrons. The second-order valence-electron chi connectivity index (χ2n) is 7.25. The number of halogens is 2. The van der Waals surface area contributed by atoms with Gasteiger partial charge in [-0.2, -0.15) is 0 Å². The third-order valence-corrected chi connectivity index (χ3v) is 6.82. The van der Waals surface area contributed by atoms with Gasteiger partial charge in [0.2, 0.25) is 0 Å². The fraction of sp³-hybridized carbons (Fsp3) is 0. The van der Waals surface area contributed by atoms with Crippen molar-refractivity contribution in [3.63, 3.8) is 0 Å². The second kappa shape index (κ2) is 8.22. The normalized spacial score (nSPS) is 11.0. The fourth-order valence-corrected chi connectivity index (χ4v) is 4.92. The topological polar surface area (TPSA) is 0 Å². The summed E-state index contributed by atoms with van der Waals surface area (Å²) < 4.78 is 2.31. The van der Waals surface area contributed by atoms with Gasteiger partial charge in [0, 0.05) is 8.95 Å². The first-order valence-corrected chi connectivity index (χ1v) is 11.4. The van der Waals surface area contributed by atoms with Crippen LogP contribution in [0.25, 0.3) is 43.4 Å². The molecule has 0 spiro atoms. The molecule has 0 aromatic heterocycles. The zero-order valence-electron chi connectivity index (χ0n) is 16.1. The van der Waals surface area contributed by atoms with Crippen LogP contribution in [0.2, 0.25) is 0 Å². The molecule has 0 unspecified atom stereocenters. The Morgan fingerprint density at radius 2 is 0.733 bits per heavy atom. The number of rotatable bonds is 1. The lowest BCUT2D eigenvalue weighted by Gasteiger charge is -2.12. The first-order valence-electron chi connectivity index (χ1n) is 9.84. The molecule has 0 nitrogen and oxygen atoms in total. The van der Waals surface area contributed by atoms with Crippen LogP contribution in [-0.2, 0) is 0 Å². The van der Waals surface area contributed by atoms with Gasteiger partial charge in [0.1, 0.15) is 0 Å². The minimum atomic E-state index is 1.16. The Hall–Kier alpha value is -2.68. The van der Waals surface area contributed by atoms with E-state index in [-0.39, 0.29) is 0 Å². The van der Waals surface area contributed by atoms with Gasteiger partial charge in [-0.3, -0.25) is 0 Å². The van der Waals surface area contributed by atoms with E-state index in [0.717, 1.165) is 8.95 Å². The van der Waals surface area contributed by atoms with Crippen LogP contribution < -0.4 is 0 Å². The van der Waals surface area contributed by atoms with Crippen molar-refractivity contribution < 1.29 is 0 Å². The Labute approximate surface area is 192 Å². The van der Waals surface area contributed by atoms with E-state index in [2.05, 4.69) is 129 Å². The average molecular weight is 514 g/mol. The molecule has 0 radical (unpaired) electrons. The number of hydrogen-bond acceptors (Lipinski definition) is 0. The molecule has 0 aliphatic rings. The van der Waals surface area contributed by atoms with Crippen molar-refractivity contribution in [3.8, 4) is 11.1 Å². The van der Waals surface area contributed by atoms with Gasteiger partial charge in [0.25, 0.3) is 0 Å². The van der Waals surface area contributed by atoms with Crippen molar-refractivity contribution in [2.75, 3.05) is 0 Å². The molecule has 0 heterocycles. The third-order valence-electron chi connectivity index (χ3n) is 5.44. The SMILES string of the molecule is Brc1ccc2ccc3c(Br)ccc4ccc1c2c43.c1ccc(-c2ccccc2)cc1. The van der Waals surface area contributed by atoms with E-state index in [1.807, 2.05) is 12.1 Å².